The zero-order valence-electron chi connectivity index (χ0n) is 59.0. The number of phosphoric acid groups is 2. The Hall–Kier alpha value is -1.94. The molecule has 540 valence electrons. The van der Waals surface area contributed by atoms with Gasteiger partial charge in [0.25, 0.3) is 0 Å². The van der Waals surface area contributed by atoms with E-state index in [0.717, 1.165) is 115 Å². The highest BCUT2D eigenvalue weighted by Gasteiger charge is 2.30. The minimum absolute atomic E-state index is 0.105. The third kappa shape index (κ3) is 66.5. The van der Waals surface area contributed by atoms with E-state index in [1.165, 1.54) is 180 Å². The van der Waals surface area contributed by atoms with Crippen molar-refractivity contribution in [2.24, 2.45) is 5.92 Å². The van der Waals surface area contributed by atoms with Crippen LogP contribution in [0.25, 0.3) is 0 Å². The van der Waals surface area contributed by atoms with E-state index in [2.05, 4.69) is 34.6 Å². The Morgan fingerprint density at radius 2 is 0.505 bits per heavy atom. The molecule has 0 saturated carbocycles. The number of rotatable bonds is 72. The van der Waals surface area contributed by atoms with Gasteiger partial charge in [-0.25, -0.2) is 9.13 Å². The minimum atomic E-state index is -4.95. The maximum absolute atomic E-state index is 13.0. The predicted octanol–water partition coefficient (Wildman–Crippen LogP) is 20.9. The lowest BCUT2D eigenvalue weighted by molar-refractivity contribution is -0.161. The molecule has 0 aliphatic carbocycles. The number of carbonyl (C=O) groups excluding carboxylic acids is 4. The Kier molecular flexibility index (Phi) is 64.0. The lowest BCUT2D eigenvalue weighted by atomic mass is 10.0. The number of hydrogen-bond acceptors (Lipinski definition) is 15. The first kappa shape index (κ1) is 89.1. The first-order chi connectivity index (χ1) is 44.0. The van der Waals surface area contributed by atoms with Gasteiger partial charge in [0, 0.05) is 25.7 Å². The van der Waals surface area contributed by atoms with E-state index < -0.39 is 97.5 Å². The van der Waals surface area contributed by atoms with Crippen LogP contribution in [0.5, 0.6) is 0 Å². The van der Waals surface area contributed by atoms with Gasteiger partial charge in [-0.2, -0.15) is 0 Å². The van der Waals surface area contributed by atoms with Crippen molar-refractivity contribution in [1.29, 1.82) is 0 Å². The van der Waals surface area contributed by atoms with Crippen molar-refractivity contribution in [1.82, 2.24) is 0 Å². The van der Waals surface area contributed by atoms with E-state index in [4.69, 9.17) is 37.0 Å². The van der Waals surface area contributed by atoms with E-state index in [-0.39, 0.29) is 25.7 Å². The van der Waals surface area contributed by atoms with Gasteiger partial charge in [0.2, 0.25) is 0 Å². The number of ether oxygens (including phenoxy) is 4. The molecule has 5 atom stereocenters. The second kappa shape index (κ2) is 65.4. The summed E-state index contributed by atoms with van der Waals surface area (Å²) in [6.45, 7) is 7.22. The van der Waals surface area contributed by atoms with Crippen LogP contribution >= 0.6 is 15.6 Å². The number of esters is 4. The summed E-state index contributed by atoms with van der Waals surface area (Å²) in [6, 6.07) is 0. The standard InChI is InChI=1S/C72H140O17P2/c1-6-9-12-15-18-20-21-22-23-24-25-28-31-34-37-42-46-51-56-70(75)83-62-68(89-72(77)58-53-48-43-38-35-32-29-26-27-30-33-36-40-44-49-54-65(4)5)64-87-91(80,81)85-60-66(73)59-84-90(78,79)86-63-67(61-82-69(74)55-50-45-39-17-14-11-8-3)88-71(76)57-52-47-41-19-16-13-10-7-2/h65-68,73H,6-64H2,1-5H3,(H,78,79)(H,80,81)/t66-,67+,68+/m0/s1. The Morgan fingerprint density at radius 3 is 0.747 bits per heavy atom. The molecular weight excluding hydrogens is 1200 g/mol. The van der Waals surface area contributed by atoms with Gasteiger partial charge < -0.3 is 33.8 Å². The highest BCUT2D eigenvalue weighted by atomic mass is 31.2. The molecule has 0 heterocycles. The highest BCUT2D eigenvalue weighted by molar-refractivity contribution is 7.47. The second-order valence-corrected chi connectivity index (χ2v) is 29.4. The molecule has 0 spiro atoms. The SMILES string of the molecule is CCCCCCCCCCCCCCCCCCCCC(=O)OC[C@H](COP(=O)(O)OC[C@@H](O)COP(=O)(O)OC[C@@H](COC(=O)CCCCCCCCC)OC(=O)CCCCCCCCCC)OC(=O)CCCCCCCCCCCCCCCCCC(C)C. The van der Waals surface area contributed by atoms with Crippen molar-refractivity contribution in [3.05, 3.63) is 0 Å². The summed E-state index contributed by atoms with van der Waals surface area (Å²) in [6.07, 6.45) is 53.0. The summed E-state index contributed by atoms with van der Waals surface area (Å²) in [5, 5.41) is 10.6. The van der Waals surface area contributed by atoms with Crippen molar-refractivity contribution < 1.29 is 80.2 Å². The molecule has 0 saturated heterocycles. The number of carbonyl (C=O) groups is 4. The van der Waals surface area contributed by atoms with Crippen molar-refractivity contribution in [3.8, 4) is 0 Å². The van der Waals surface area contributed by atoms with Gasteiger partial charge in [-0.15, -0.1) is 0 Å². The van der Waals surface area contributed by atoms with Crippen molar-refractivity contribution in [2.75, 3.05) is 39.6 Å². The Labute approximate surface area is 556 Å². The lowest BCUT2D eigenvalue weighted by Gasteiger charge is -2.21. The number of phosphoric ester groups is 2. The van der Waals surface area contributed by atoms with Crippen LogP contribution in [0.4, 0.5) is 0 Å². The maximum atomic E-state index is 13.0. The van der Waals surface area contributed by atoms with E-state index in [1.54, 1.807) is 0 Å². The molecule has 0 amide bonds. The predicted molar refractivity (Wildman–Crippen MR) is 368 cm³/mol. The van der Waals surface area contributed by atoms with E-state index in [9.17, 15) is 43.2 Å². The van der Waals surface area contributed by atoms with Gasteiger partial charge in [-0.1, -0.05) is 324 Å². The van der Waals surface area contributed by atoms with Crippen LogP contribution in [0.2, 0.25) is 0 Å². The lowest BCUT2D eigenvalue weighted by Crippen LogP contribution is -2.30. The van der Waals surface area contributed by atoms with Crippen LogP contribution in [0.3, 0.4) is 0 Å². The van der Waals surface area contributed by atoms with Crippen molar-refractivity contribution >= 4 is 39.5 Å². The Bertz CT molecular complexity index is 1750. The number of aliphatic hydroxyl groups is 1. The number of hydrogen-bond donors (Lipinski definition) is 3. The molecule has 0 aromatic carbocycles. The first-order valence-electron chi connectivity index (χ1n) is 37.6. The highest BCUT2D eigenvalue weighted by Crippen LogP contribution is 2.45. The third-order valence-electron chi connectivity index (χ3n) is 16.8. The normalized spacial score (nSPS) is 14.0. The van der Waals surface area contributed by atoms with Gasteiger partial charge in [-0.3, -0.25) is 37.3 Å². The fourth-order valence-corrected chi connectivity index (χ4v) is 12.6. The molecule has 0 rings (SSSR count). The molecule has 0 aliphatic rings. The van der Waals surface area contributed by atoms with Gasteiger partial charge >= 0.3 is 39.5 Å². The first-order valence-corrected chi connectivity index (χ1v) is 40.6. The monoisotopic (exact) mass is 1340 g/mol. The van der Waals surface area contributed by atoms with Gasteiger partial charge in [0.15, 0.2) is 12.2 Å². The van der Waals surface area contributed by atoms with Gasteiger partial charge in [0.1, 0.15) is 19.3 Å². The fraction of sp³-hybridized carbons (Fsp3) is 0.944. The molecule has 0 fully saturated rings. The third-order valence-corrected chi connectivity index (χ3v) is 18.7. The molecule has 0 aromatic heterocycles. The molecule has 3 N–H and O–H groups in total. The van der Waals surface area contributed by atoms with E-state index in [1.807, 2.05) is 0 Å². The molecule has 0 bridgehead atoms. The van der Waals surface area contributed by atoms with Crippen LogP contribution < -0.4 is 0 Å². The molecule has 19 heteroatoms. The molecule has 17 nitrogen and oxygen atoms in total. The zero-order chi connectivity index (χ0) is 67.0. The zero-order valence-corrected chi connectivity index (χ0v) is 60.8. The molecule has 91 heavy (non-hydrogen) atoms. The number of aliphatic hydroxyl groups excluding tert-OH is 1. The summed E-state index contributed by atoms with van der Waals surface area (Å²) < 4.78 is 68.2. The number of unbranched alkanes of at least 4 members (excludes halogenated alkanes) is 44. The van der Waals surface area contributed by atoms with Gasteiger partial charge in [0.05, 0.1) is 26.4 Å². The molecular formula is C72H140O17P2. The van der Waals surface area contributed by atoms with Crippen LogP contribution in [-0.2, 0) is 65.4 Å². The van der Waals surface area contributed by atoms with Crippen LogP contribution in [0.15, 0.2) is 0 Å². The topological polar surface area (TPSA) is 237 Å². The van der Waals surface area contributed by atoms with Gasteiger partial charge in [-0.05, 0) is 31.6 Å². The summed E-state index contributed by atoms with van der Waals surface area (Å²) in [5.74, 6) is -1.32. The minimum Gasteiger partial charge on any atom is -0.462 e. The average Bonchev–Trinajstić information content (AvgIpc) is 3.38. The van der Waals surface area contributed by atoms with Crippen molar-refractivity contribution in [3.63, 3.8) is 0 Å². The second-order valence-electron chi connectivity index (χ2n) is 26.5. The summed E-state index contributed by atoms with van der Waals surface area (Å²) in [7, 11) is -9.89. The molecule has 0 aromatic rings. The van der Waals surface area contributed by atoms with E-state index in [0.29, 0.717) is 25.7 Å². The summed E-state index contributed by atoms with van der Waals surface area (Å²) in [5.41, 5.74) is 0. The average molecular weight is 1340 g/mol. The maximum Gasteiger partial charge on any atom is 0.472 e. The molecule has 0 aliphatic heterocycles. The smallest absolute Gasteiger partial charge is 0.462 e. The van der Waals surface area contributed by atoms with Crippen molar-refractivity contribution in [2.45, 2.75) is 393 Å². The Balaban J connectivity index is 5.15. The molecule has 0 radical (unpaired) electrons. The van der Waals surface area contributed by atoms with Crippen LogP contribution in [0, 0.1) is 5.92 Å². The quantitative estimate of drug-likeness (QED) is 0.0222. The fourth-order valence-electron chi connectivity index (χ4n) is 11.0. The summed E-state index contributed by atoms with van der Waals surface area (Å²) >= 11 is 0. The summed E-state index contributed by atoms with van der Waals surface area (Å²) in [4.78, 5) is 72.4. The molecule has 2 unspecified atom stereocenters. The van der Waals surface area contributed by atoms with Crippen LogP contribution in [0.1, 0.15) is 375 Å². The van der Waals surface area contributed by atoms with E-state index >= 15 is 0 Å². The van der Waals surface area contributed by atoms with Crippen LogP contribution in [-0.4, -0.2) is 96.7 Å². The largest absolute Gasteiger partial charge is 0.472 e. The Morgan fingerprint density at radius 1 is 0.297 bits per heavy atom.